The fourth-order valence-electron chi connectivity index (χ4n) is 2.79. The van der Waals surface area contributed by atoms with Gasteiger partial charge in [0, 0.05) is 5.56 Å². The van der Waals surface area contributed by atoms with Crippen molar-refractivity contribution in [3.8, 4) is 11.3 Å². The Kier molecular flexibility index (Phi) is 6.90. The van der Waals surface area contributed by atoms with Gasteiger partial charge >= 0.3 is 6.09 Å². The molecule has 0 aliphatic heterocycles. The molecular weight excluding hydrogens is 433 g/mol. The minimum atomic E-state index is -1.42. The number of hydrogen-bond donors (Lipinski definition) is 1. The average molecular weight is 451 g/mol. The van der Waals surface area contributed by atoms with E-state index < -0.39 is 24.1 Å². The van der Waals surface area contributed by atoms with Crippen molar-refractivity contribution in [1.29, 1.82) is 0 Å². The quantitative estimate of drug-likeness (QED) is 0.447. The standard InChI is InChI=1S/C22H18Cl2F2N2O2/c1-22(13-25,28-21(29)30-12-14-5-3-2-4-6-14)16-10-19(27-20(24)11-16)15-7-8-18(26)17(23)9-15/h2-11H,12-13H2,1H3,(H,28,29). The lowest BCUT2D eigenvalue weighted by Crippen LogP contribution is -2.45. The first-order valence-corrected chi connectivity index (χ1v) is 9.74. The molecule has 1 amide bonds. The van der Waals surface area contributed by atoms with E-state index >= 15 is 0 Å². The molecule has 3 aromatic rings. The molecule has 3 rings (SSSR count). The monoisotopic (exact) mass is 450 g/mol. The van der Waals surface area contributed by atoms with E-state index in [4.69, 9.17) is 27.9 Å². The third-order valence-electron chi connectivity index (χ3n) is 4.50. The maximum Gasteiger partial charge on any atom is 0.408 e. The lowest BCUT2D eigenvalue weighted by atomic mass is 9.93. The number of halogens is 4. The molecule has 4 nitrogen and oxygen atoms in total. The highest BCUT2D eigenvalue weighted by molar-refractivity contribution is 6.31. The number of alkyl halides is 1. The zero-order valence-corrected chi connectivity index (χ0v) is 17.5. The number of carbonyl (C=O) groups is 1. The predicted molar refractivity (Wildman–Crippen MR) is 113 cm³/mol. The van der Waals surface area contributed by atoms with Crippen LogP contribution in [0.5, 0.6) is 0 Å². The van der Waals surface area contributed by atoms with E-state index in [0.29, 0.717) is 16.8 Å². The van der Waals surface area contributed by atoms with Gasteiger partial charge in [-0.05, 0) is 48.4 Å². The summed E-state index contributed by atoms with van der Waals surface area (Å²) in [5.41, 5.74) is 0.615. The van der Waals surface area contributed by atoms with E-state index in [1.165, 1.54) is 31.2 Å². The van der Waals surface area contributed by atoms with E-state index in [0.717, 1.165) is 5.56 Å². The van der Waals surface area contributed by atoms with Gasteiger partial charge in [-0.2, -0.15) is 0 Å². The molecule has 0 aliphatic carbocycles. The van der Waals surface area contributed by atoms with E-state index in [2.05, 4.69) is 10.3 Å². The van der Waals surface area contributed by atoms with Crippen LogP contribution in [0, 0.1) is 5.82 Å². The molecule has 0 fully saturated rings. The highest BCUT2D eigenvalue weighted by atomic mass is 35.5. The van der Waals surface area contributed by atoms with E-state index in [9.17, 15) is 13.6 Å². The zero-order valence-electron chi connectivity index (χ0n) is 16.0. The summed E-state index contributed by atoms with van der Waals surface area (Å²) in [6.07, 6.45) is -0.779. The number of ether oxygens (including phenoxy) is 1. The maximum absolute atomic E-state index is 14.0. The summed E-state index contributed by atoms with van der Waals surface area (Å²) < 4.78 is 32.7. The van der Waals surface area contributed by atoms with Crippen LogP contribution in [0.3, 0.4) is 0 Å². The van der Waals surface area contributed by atoms with Crippen molar-refractivity contribution in [2.24, 2.45) is 0 Å². The van der Waals surface area contributed by atoms with Crippen LogP contribution in [-0.2, 0) is 16.9 Å². The van der Waals surface area contributed by atoms with Gasteiger partial charge in [-0.1, -0.05) is 53.5 Å². The fraction of sp³-hybridized carbons (Fsp3) is 0.182. The molecule has 0 spiro atoms. The molecule has 8 heteroatoms. The largest absolute Gasteiger partial charge is 0.445 e. The Bertz CT molecular complexity index is 1050. The van der Waals surface area contributed by atoms with E-state index in [-0.39, 0.29) is 16.8 Å². The molecule has 156 valence electrons. The molecule has 0 radical (unpaired) electrons. The van der Waals surface area contributed by atoms with Crippen molar-refractivity contribution >= 4 is 29.3 Å². The van der Waals surface area contributed by atoms with Crippen molar-refractivity contribution in [3.05, 3.63) is 87.8 Å². The number of aromatic nitrogens is 1. The zero-order chi connectivity index (χ0) is 21.7. The summed E-state index contributed by atoms with van der Waals surface area (Å²) in [7, 11) is 0. The van der Waals surface area contributed by atoms with Crippen molar-refractivity contribution in [2.75, 3.05) is 6.67 Å². The highest BCUT2D eigenvalue weighted by Gasteiger charge is 2.31. The number of alkyl carbamates (subject to hydrolysis) is 1. The first-order valence-electron chi connectivity index (χ1n) is 8.99. The molecule has 1 atom stereocenters. The second-order valence-electron chi connectivity index (χ2n) is 6.85. The predicted octanol–water partition coefficient (Wildman–Crippen LogP) is 6.31. The second kappa shape index (κ2) is 9.41. The Balaban J connectivity index is 1.82. The summed E-state index contributed by atoms with van der Waals surface area (Å²) >= 11 is 12.0. The van der Waals surface area contributed by atoms with Crippen molar-refractivity contribution < 1.29 is 18.3 Å². The SMILES string of the molecule is CC(CF)(NC(=O)OCc1ccccc1)c1cc(Cl)nc(-c2ccc(F)c(Cl)c2)c1. The van der Waals surface area contributed by atoms with Gasteiger partial charge in [0.05, 0.1) is 16.3 Å². The van der Waals surface area contributed by atoms with E-state index in [1.54, 1.807) is 6.07 Å². The molecule has 1 heterocycles. The van der Waals surface area contributed by atoms with Gasteiger partial charge < -0.3 is 10.1 Å². The Hall–Kier alpha value is -2.70. The second-order valence-corrected chi connectivity index (χ2v) is 7.64. The number of hydrogen-bond acceptors (Lipinski definition) is 3. The van der Waals surface area contributed by atoms with Gasteiger partial charge in [-0.3, -0.25) is 0 Å². The van der Waals surface area contributed by atoms with Gasteiger partial charge in [0.15, 0.2) is 0 Å². The third-order valence-corrected chi connectivity index (χ3v) is 4.99. The smallest absolute Gasteiger partial charge is 0.408 e. The number of carbonyl (C=O) groups excluding carboxylic acids is 1. The van der Waals surface area contributed by atoms with Gasteiger partial charge in [0.1, 0.15) is 24.3 Å². The summed E-state index contributed by atoms with van der Waals surface area (Å²) in [4.78, 5) is 16.5. The van der Waals surface area contributed by atoms with Crippen molar-refractivity contribution in [2.45, 2.75) is 19.1 Å². The lowest BCUT2D eigenvalue weighted by Gasteiger charge is -2.28. The van der Waals surface area contributed by atoms with Crippen molar-refractivity contribution in [3.63, 3.8) is 0 Å². The number of rotatable bonds is 6. The summed E-state index contributed by atoms with van der Waals surface area (Å²) in [6.45, 7) is 0.632. The van der Waals surface area contributed by atoms with Crippen LogP contribution >= 0.6 is 23.2 Å². The summed E-state index contributed by atoms with van der Waals surface area (Å²) in [5.74, 6) is -0.570. The number of amides is 1. The van der Waals surface area contributed by atoms with Gasteiger partial charge in [0.25, 0.3) is 0 Å². The summed E-state index contributed by atoms with van der Waals surface area (Å²) in [6, 6.07) is 16.2. The number of benzene rings is 2. The van der Waals surface area contributed by atoms with Crippen LogP contribution in [0.4, 0.5) is 13.6 Å². The Morgan fingerprint density at radius 2 is 1.87 bits per heavy atom. The van der Waals surface area contributed by atoms with Crippen LogP contribution in [0.2, 0.25) is 10.2 Å². The average Bonchev–Trinajstić information content (AvgIpc) is 2.74. The molecule has 0 bridgehead atoms. The Morgan fingerprint density at radius 3 is 2.53 bits per heavy atom. The van der Waals surface area contributed by atoms with Crippen molar-refractivity contribution in [1.82, 2.24) is 10.3 Å². The van der Waals surface area contributed by atoms with Gasteiger partial charge in [-0.15, -0.1) is 0 Å². The Labute approximate surface area is 182 Å². The summed E-state index contributed by atoms with van der Waals surface area (Å²) in [5, 5.41) is 2.56. The molecule has 1 unspecified atom stereocenters. The van der Waals surface area contributed by atoms with Crippen LogP contribution in [0.15, 0.2) is 60.7 Å². The minimum absolute atomic E-state index is 0.0471. The van der Waals surface area contributed by atoms with Crippen LogP contribution in [-0.4, -0.2) is 17.8 Å². The molecule has 0 aliphatic rings. The number of nitrogens with one attached hydrogen (secondary N) is 1. The van der Waals surface area contributed by atoms with Crippen LogP contribution < -0.4 is 5.32 Å². The van der Waals surface area contributed by atoms with E-state index in [1.807, 2.05) is 30.3 Å². The maximum atomic E-state index is 14.0. The van der Waals surface area contributed by atoms with Gasteiger partial charge in [-0.25, -0.2) is 18.6 Å². The molecular formula is C22H18Cl2F2N2O2. The molecule has 1 N–H and O–H groups in total. The molecule has 0 saturated carbocycles. The fourth-order valence-corrected chi connectivity index (χ4v) is 3.18. The third kappa shape index (κ3) is 5.26. The topological polar surface area (TPSA) is 51.2 Å². The molecule has 0 saturated heterocycles. The van der Waals surface area contributed by atoms with Crippen LogP contribution in [0.25, 0.3) is 11.3 Å². The lowest BCUT2D eigenvalue weighted by molar-refractivity contribution is 0.122. The molecule has 2 aromatic carbocycles. The van der Waals surface area contributed by atoms with Crippen LogP contribution in [0.1, 0.15) is 18.1 Å². The highest BCUT2D eigenvalue weighted by Crippen LogP contribution is 2.30. The first kappa shape index (κ1) is 22.0. The molecule has 1 aromatic heterocycles. The molecule has 30 heavy (non-hydrogen) atoms. The normalized spacial score (nSPS) is 12.8. The van der Waals surface area contributed by atoms with Gasteiger partial charge in [0.2, 0.25) is 0 Å². The number of pyridine rings is 1. The first-order chi connectivity index (χ1) is 14.3. The number of nitrogens with zero attached hydrogens (tertiary/aromatic N) is 1. The minimum Gasteiger partial charge on any atom is -0.445 e. The Morgan fingerprint density at radius 1 is 1.13 bits per heavy atom.